The summed E-state index contributed by atoms with van der Waals surface area (Å²) in [5.74, 6) is -1.16. The van der Waals surface area contributed by atoms with Gasteiger partial charge in [0.1, 0.15) is 0 Å². The van der Waals surface area contributed by atoms with Gasteiger partial charge in [-0.15, -0.1) is 0 Å². The number of ether oxygens (including phenoxy) is 1. The Labute approximate surface area is 117 Å². The normalized spacial score (nSPS) is 14.8. The van der Waals surface area contributed by atoms with E-state index in [4.69, 9.17) is 9.84 Å². The first-order valence-electron chi connectivity index (χ1n) is 6.78. The molecule has 110 valence electrons. The third-order valence-electron chi connectivity index (χ3n) is 3.26. The molecule has 0 fully saturated rings. The number of fused-ring (bicyclic) bond motifs is 1. The Morgan fingerprint density at radius 2 is 2.25 bits per heavy atom. The quantitative estimate of drug-likeness (QED) is 0.774. The fourth-order valence-corrected chi connectivity index (χ4v) is 2.30. The number of aromatic carboxylic acids is 1. The van der Waals surface area contributed by atoms with Crippen LogP contribution in [0.3, 0.4) is 0 Å². The highest BCUT2D eigenvalue weighted by Gasteiger charge is 2.20. The highest BCUT2D eigenvalue weighted by Crippen LogP contribution is 2.14. The number of carboxylic acid groups (broad SMARTS) is 1. The lowest BCUT2D eigenvalue weighted by molar-refractivity contribution is -0.143. The standard InChI is InChI=1S/C13H19N3O4/c1-2-20-12(17)4-3-5-15-6-7-16-10(9-15)8-11(14-16)13(18)19/h8H,2-7,9H2,1H3,(H,18,19). The van der Waals surface area contributed by atoms with E-state index < -0.39 is 5.97 Å². The Kier molecular flexibility index (Phi) is 4.73. The van der Waals surface area contributed by atoms with Gasteiger partial charge in [-0.1, -0.05) is 0 Å². The zero-order valence-corrected chi connectivity index (χ0v) is 11.5. The molecule has 0 spiro atoms. The van der Waals surface area contributed by atoms with Crippen molar-refractivity contribution in [3.8, 4) is 0 Å². The summed E-state index contributed by atoms with van der Waals surface area (Å²) in [6.45, 7) is 5.18. The summed E-state index contributed by atoms with van der Waals surface area (Å²) in [6, 6.07) is 1.61. The molecule has 0 unspecified atom stereocenters. The van der Waals surface area contributed by atoms with E-state index in [1.807, 2.05) is 0 Å². The predicted molar refractivity (Wildman–Crippen MR) is 70.3 cm³/mol. The monoisotopic (exact) mass is 281 g/mol. The van der Waals surface area contributed by atoms with Crippen molar-refractivity contribution in [1.82, 2.24) is 14.7 Å². The Bertz CT molecular complexity index is 498. The van der Waals surface area contributed by atoms with E-state index >= 15 is 0 Å². The molecule has 1 aromatic rings. The molecule has 20 heavy (non-hydrogen) atoms. The summed E-state index contributed by atoms with van der Waals surface area (Å²) < 4.78 is 6.62. The van der Waals surface area contributed by atoms with Crippen LogP contribution in [0.2, 0.25) is 0 Å². The number of rotatable bonds is 6. The number of hydrogen-bond donors (Lipinski definition) is 1. The summed E-state index contributed by atoms with van der Waals surface area (Å²) in [7, 11) is 0. The molecule has 1 aromatic heterocycles. The second-order valence-electron chi connectivity index (χ2n) is 4.73. The van der Waals surface area contributed by atoms with E-state index in [1.165, 1.54) is 0 Å². The minimum atomic E-state index is -0.999. The van der Waals surface area contributed by atoms with Crippen molar-refractivity contribution in [2.45, 2.75) is 32.9 Å². The second kappa shape index (κ2) is 6.51. The van der Waals surface area contributed by atoms with Crippen LogP contribution in [0.5, 0.6) is 0 Å². The highest BCUT2D eigenvalue weighted by atomic mass is 16.5. The van der Waals surface area contributed by atoms with Crippen molar-refractivity contribution >= 4 is 11.9 Å². The average Bonchev–Trinajstić information content (AvgIpc) is 2.82. The maximum Gasteiger partial charge on any atom is 0.356 e. The first-order chi connectivity index (χ1) is 9.60. The van der Waals surface area contributed by atoms with Gasteiger partial charge in [0.2, 0.25) is 0 Å². The summed E-state index contributed by atoms with van der Waals surface area (Å²) in [6.07, 6.45) is 1.17. The van der Waals surface area contributed by atoms with Crippen LogP contribution in [0.1, 0.15) is 35.9 Å². The number of hydrogen-bond acceptors (Lipinski definition) is 5. The molecular formula is C13H19N3O4. The minimum Gasteiger partial charge on any atom is -0.476 e. The molecule has 1 aliphatic heterocycles. The molecule has 1 aliphatic rings. The van der Waals surface area contributed by atoms with Crippen molar-refractivity contribution < 1.29 is 19.4 Å². The number of carbonyl (C=O) groups is 2. The van der Waals surface area contributed by atoms with Gasteiger partial charge in [0.25, 0.3) is 0 Å². The topological polar surface area (TPSA) is 84.7 Å². The summed E-state index contributed by atoms with van der Waals surface area (Å²) in [4.78, 5) is 24.3. The van der Waals surface area contributed by atoms with Gasteiger partial charge < -0.3 is 9.84 Å². The Morgan fingerprint density at radius 3 is 2.95 bits per heavy atom. The van der Waals surface area contributed by atoms with Crippen LogP contribution < -0.4 is 0 Å². The van der Waals surface area contributed by atoms with Crippen LogP contribution in [0.4, 0.5) is 0 Å². The van der Waals surface area contributed by atoms with Gasteiger partial charge in [0.15, 0.2) is 5.69 Å². The van der Waals surface area contributed by atoms with Crippen LogP contribution in [-0.2, 0) is 22.6 Å². The van der Waals surface area contributed by atoms with E-state index in [2.05, 4.69) is 10.00 Å². The van der Waals surface area contributed by atoms with Crippen molar-refractivity contribution in [2.75, 3.05) is 19.7 Å². The van der Waals surface area contributed by atoms with Gasteiger partial charge >= 0.3 is 11.9 Å². The fraction of sp³-hybridized carbons (Fsp3) is 0.615. The first-order valence-corrected chi connectivity index (χ1v) is 6.78. The Balaban J connectivity index is 1.82. The molecule has 2 heterocycles. The molecule has 0 saturated carbocycles. The van der Waals surface area contributed by atoms with Gasteiger partial charge in [0.05, 0.1) is 18.8 Å². The van der Waals surface area contributed by atoms with Crippen molar-refractivity contribution in [3.05, 3.63) is 17.5 Å². The molecule has 0 amide bonds. The number of carbonyl (C=O) groups excluding carboxylic acids is 1. The number of esters is 1. The van der Waals surface area contributed by atoms with E-state index in [1.54, 1.807) is 17.7 Å². The maximum atomic E-state index is 11.2. The molecule has 0 bridgehead atoms. The van der Waals surface area contributed by atoms with E-state index in [9.17, 15) is 9.59 Å². The highest BCUT2D eigenvalue weighted by molar-refractivity contribution is 5.85. The molecule has 0 aromatic carbocycles. The smallest absolute Gasteiger partial charge is 0.356 e. The lowest BCUT2D eigenvalue weighted by Gasteiger charge is -2.27. The SMILES string of the molecule is CCOC(=O)CCCN1CCn2nc(C(=O)O)cc2C1. The van der Waals surface area contributed by atoms with E-state index in [0.29, 0.717) is 26.1 Å². The van der Waals surface area contributed by atoms with Crippen molar-refractivity contribution in [3.63, 3.8) is 0 Å². The zero-order chi connectivity index (χ0) is 14.5. The van der Waals surface area contributed by atoms with Crippen molar-refractivity contribution in [1.29, 1.82) is 0 Å². The fourth-order valence-electron chi connectivity index (χ4n) is 2.30. The van der Waals surface area contributed by atoms with Crippen LogP contribution in [0.15, 0.2) is 6.07 Å². The van der Waals surface area contributed by atoms with Crippen LogP contribution in [0, 0.1) is 0 Å². The Morgan fingerprint density at radius 1 is 1.45 bits per heavy atom. The van der Waals surface area contributed by atoms with E-state index in [-0.39, 0.29) is 11.7 Å². The molecule has 1 N–H and O–H groups in total. The number of carboxylic acids is 1. The average molecular weight is 281 g/mol. The van der Waals surface area contributed by atoms with Gasteiger partial charge in [-0.3, -0.25) is 14.4 Å². The van der Waals surface area contributed by atoms with Crippen LogP contribution >= 0.6 is 0 Å². The predicted octanol–water partition coefficient (Wildman–Crippen LogP) is 0.740. The van der Waals surface area contributed by atoms with Gasteiger partial charge in [-0.2, -0.15) is 5.10 Å². The third-order valence-corrected chi connectivity index (χ3v) is 3.26. The van der Waals surface area contributed by atoms with Crippen LogP contribution in [0.25, 0.3) is 0 Å². The molecular weight excluding hydrogens is 262 g/mol. The number of nitrogens with zero attached hydrogens (tertiary/aromatic N) is 3. The van der Waals surface area contributed by atoms with E-state index in [0.717, 1.165) is 25.2 Å². The van der Waals surface area contributed by atoms with Crippen LogP contribution in [-0.4, -0.2) is 51.4 Å². The Hall–Kier alpha value is -1.89. The molecule has 7 nitrogen and oxygen atoms in total. The largest absolute Gasteiger partial charge is 0.476 e. The number of aromatic nitrogens is 2. The lowest BCUT2D eigenvalue weighted by atomic mass is 10.2. The summed E-state index contributed by atoms with van der Waals surface area (Å²) in [5, 5.41) is 12.9. The van der Waals surface area contributed by atoms with Crippen molar-refractivity contribution in [2.24, 2.45) is 0 Å². The zero-order valence-electron chi connectivity index (χ0n) is 11.5. The maximum absolute atomic E-state index is 11.2. The molecule has 2 rings (SSSR count). The first kappa shape index (κ1) is 14.5. The molecule has 7 heteroatoms. The summed E-state index contributed by atoms with van der Waals surface area (Å²) >= 11 is 0. The van der Waals surface area contributed by atoms with Gasteiger partial charge in [-0.05, 0) is 26.0 Å². The molecule has 0 radical (unpaired) electrons. The second-order valence-corrected chi connectivity index (χ2v) is 4.73. The minimum absolute atomic E-state index is 0.0911. The lowest BCUT2D eigenvalue weighted by Crippen LogP contribution is -2.34. The summed E-state index contributed by atoms with van der Waals surface area (Å²) in [5.41, 5.74) is 0.998. The molecule has 0 saturated heterocycles. The molecule has 0 atom stereocenters. The molecule has 0 aliphatic carbocycles. The third kappa shape index (κ3) is 3.57. The van der Waals surface area contributed by atoms with Gasteiger partial charge in [-0.25, -0.2) is 4.79 Å². The van der Waals surface area contributed by atoms with Gasteiger partial charge in [0, 0.05) is 19.5 Å².